The number of aryl methyl sites for hydroxylation is 1. The normalized spacial score (nSPS) is 15.7. The lowest BCUT2D eigenvalue weighted by molar-refractivity contribution is 0.372. The van der Waals surface area contributed by atoms with Crippen LogP contribution < -0.4 is 5.73 Å². The highest BCUT2D eigenvalue weighted by molar-refractivity contribution is 6.37. The molecular formula is C17H19Cl3N6O. The zero-order valence-corrected chi connectivity index (χ0v) is 17.0. The van der Waals surface area contributed by atoms with Gasteiger partial charge in [0.25, 0.3) is 5.89 Å². The molecule has 144 valence electrons. The smallest absolute Gasteiger partial charge is 0.297 e. The van der Waals surface area contributed by atoms with E-state index in [0.29, 0.717) is 39.6 Å². The molecule has 4 rings (SSSR count). The maximum absolute atomic E-state index is 6.40. The van der Waals surface area contributed by atoms with E-state index in [1.807, 2.05) is 6.92 Å². The largest absolute Gasteiger partial charge is 0.330 e. The highest BCUT2D eigenvalue weighted by atomic mass is 35.5. The van der Waals surface area contributed by atoms with Crippen LogP contribution in [0.25, 0.3) is 17.4 Å². The first-order valence-electron chi connectivity index (χ1n) is 8.55. The topological polar surface area (TPSA) is 95.7 Å². The second kappa shape index (κ2) is 7.75. The van der Waals surface area contributed by atoms with Crippen LogP contribution >= 0.6 is 35.6 Å². The molecule has 0 saturated heterocycles. The van der Waals surface area contributed by atoms with E-state index in [0.717, 1.165) is 25.7 Å². The van der Waals surface area contributed by atoms with Gasteiger partial charge in [0.1, 0.15) is 11.5 Å². The molecule has 0 atom stereocenters. The zero-order valence-electron chi connectivity index (χ0n) is 14.7. The Hall–Kier alpha value is -1.67. The molecule has 0 bridgehead atoms. The van der Waals surface area contributed by atoms with Crippen molar-refractivity contribution in [2.45, 2.75) is 44.6 Å². The van der Waals surface area contributed by atoms with Crippen molar-refractivity contribution in [1.82, 2.24) is 24.9 Å². The van der Waals surface area contributed by atoms with Gasteiger partial charge in [-0.2, -0.15) is 4.98 Å². The summed E-state index contributed by atoms with van der Waals surface area (Å²) in [5.74, 6) is 1.78. The number of aromatic nitrogens is 5. The van der Waals surface area contributed by atoms with E-state index < -0.39 is 5.54 Å². The van der Waals surface area contributed by atoms with E-state index in [4.69, 9.17) is 33.5 Å². The van der Waals surface area contributed by atoms with Crippen molar-refractivity contribution in [2.75, 3.05) is 0 Å². The molecular weight excluding hydrogens is 411 g/mol. The summed E-state index contributed by atoms with van der Waals surface area (Å²) in [5, 5.41) is 9.55. The molecule has 1 aliphatic rings. The van der Waals surface area contributed by atoms with Crippen molar-refractivity contribution in [1.29, 1.82) is 0 Å². The second-order valence-electron chi connectivity index (χ2n) is 6.47. The van der Waals surface area contributed by atoms with Gasteiger partial charge in [-0.25, -0.2) is 9.67 Å². The highest BCUT2D eigenvalue weighted by Crippen LogP contribution is 2.35. The van der Waals surface area contributed by atoms with E-state index in [-0.39, 0.29) is 18.3 Å². The van der Waals surface area contributed by atoms with Gasteiger partial charge in [-0.3, -0.25) is 0 Å². The highest BCUT2D eigenvalue weighted by Gasteiger charge is 2.36. The minimum absolute atomic E-state index is 0. The first-order valence-corrected chi connectivity index (χ1v) is 9.31. The van der Waals surface area contributed by atoms with E-state index in [1.54, 1.807) is 22.9 Å². The average molecular weight is 430 g/mol. The van der Waals surface area contributed by atoms with E-state index in [9.17, 15) is 0 Å². The van der Waals surface area contributed by atoms with E-state index >= 15 is 0 Å². The Kier molecular flexibility index (Phi) is 5.76. The maximum Gasteiger partial charge on any atom is 0.297 e. The molecule has 1 aliphatic carbocycles. The van der Waals surface area contributed by atoms with Gasteiger partial charge in [0.15, 0.2) is 5.82 Å². The predicted octanol–water partition coefficient (Wildman–Crippen LogP) is 4.34. The van der Waals surface area contributed by atoms with E-state index in [2.05, 4.69) is 20.2 Å². The number of rotatable bonds is 4. The molecule has 1 aromatic carbocycles. The van der Waals surface area contributed by atoms with Gasteiger partial charge in [0, 0.05) is 6.42 Å². The summed E-state index contributed by atoms with van der Waals surface area (Å²) in [6, 6.07) is 5.30. The Morgan fingerprint density at radius 2 is 1.85 bits per heavy atom. The summed E-state index contributed by atoms with van der Waals surface area (Å²) < 4.78 is 7.01. The van der Waals surface area contributed by atoms with Crippen molar-refractivity contribution in [3.8, 4) is 17.4 Å². The molecule has 0 unspecified atom stereocenters. The molecule has 0 aliphatic heterocycles. The van der Waals surface area contributed by atoms with Crippen LogP contribution in [0, 0.1) is 0 Å². The Morgan fingerprint density at radius 3 is 2.48 bits per heavy atom. The molecule has 3 aromatic rings. The van der Waals surface area contributed by atoms with Crippen molar-refractivity contribution >= 4 is 35.6 Å². The number of nitrogens with two attached hydrogens (primary N) is 1. The van der Waals surface area contributed by atoms with Crippen molar-refractivity contribution < 1.29 is 4.52 Å². The van der Waals surface area contributed by atoms with Crippen LogP contribution in [0.4, 0.5) is 0 Å². The van der Waals surface area contributed by atoms with Gasteiger partial charge in [-0.05, 0) is 25.0 Å². The zero-order chi connectivity index (χ0) is 18.3. The third-order valence-electron chi connectivity index (χ3n) is 4.70. The molecule has 0 amide bonds. The minimum Gasteiger partial charge on any atom is -0.330 e. The van der Waals surface area contributed by atoms with Gasteiger partial charge < -0.3 is 10.3 Å². The summed E-state index contributed by atoms with van der Waals surface area (Å²) in [6.07, 6.45) is 4.47. The molecule has 27 heavy (non-hydrogen) atoms. The SMILES string of the molecule is CCc1nc(-c2nc(C3(N)CCCC3)no2)nn1-c1c(Cl)cccc1Cl.Cl. The number of benzene rings is 1. The maximum atomic E-state index is 6.40. The summed E-state index contributed by atoms with van der Waals surface area (Å²) in [6.45, 7) is 1.97. The van der Waals surface area contributed by atoms with Crippen molar-refractivity contribution in [2.24, 2.45) is 5.73 Å². The van der Waals surface area contributed by atoms with Crippen LogP contribution in [0.3, 0.4) is 0 Å². The summed E-state index contributed by atoms with van der Waals surface area (Å²) >= 11 is 12.6. The second-order valence-corrected chi connectivity index (χ2v) is 7.29. The molecule has 0 radical (unpaired) electrons. The number of nitrogens with zero attached hydrogens (tertiary/aromatic N) is 5. The Labute approximate surface area is 172 Å². The first-order chi connectivity index (χ1) is 12.5. The lowest BCUT2D eigenvalue weighted by atomic mass is 9.99. The summed E-state index contributed by atoms with van der Waals surface area (Å²) in [5.41, 5.74) is 6.45. The quantitative estimate of drug-likeness (QED) is 0.663. The fourth-order valence-electron chi connectivity index (χ4n) is 3.28. The van der Waals surface area contributed by atoms with Crippen molar-refractivity contribution in [3.05, 3.63) is 39.9 Å². The third kappa shape index (κ3) is 3.57. The average Bonchev–Trinajstić information content (AvgIpc) is 3.33. The molecule has 2 heterocycles. The Morgan fingerprint density at radius 1 is 1.19 bits per heavy atom. The first kappa shape index (κ1) is 20.1. The molecule has 2 aromatic heterocycles. The fourth-order valence-corrected chi connectivity index (χ4v) is 3.84. The van der Waals surface area contributed by atoms with Crippen LogP contribution in [-0.4, -0.2) is 24.9 Å². The molecule has 2 N–H and O–H groups in total. The van der Waals surface area contributed by atoms with Crippen LogP contribution in [0.1, 0.15) is 44.3 Å². The van der Waals surface area contributed by atoms with Crippen LogP contribution in [0.5, 0.6) is 0 Å². The Bertz CT molecular complexity index is 928. The lowest BCUT2D eigenvalue weighted by Gasteiger charge is -2.17. The molecule has 10 heteroatoms. The van der Waals surface area contributed by atoms with Crippen LogP contribution in [0.2, 0.25) is 10.0 Å². The van der Waals surface area contributed by atoms with Crippen LogP contribution in [-0.2, 0) is 12.0 Å². The molecule has 1 fully saturated rings. The summed E-state index contributed by atoms with van der Waals surface area (Å²) in [7, 11) is 0. The van der Waals surface area contributed by atoms with E-state index in [1.165, 1.54) is 0 Å². The van der Waals surface area contributed by atoms with Crippen LogP contribution in [0.15, 0.2) is 22.7 Å². The number of para-hydroxylation sites is 1. The molecule has 0 spiro atoms. The fraction of sp³-hybridized carbons (Fsp3) is 0.412. The van der Waals surface area contributed by atoms with Gasteiger partial charge >= 0.3 is 0 Å². The van der Waals surface area contributed by atoms with Crippen molar-refractivity contribution in [3.63, 3.8) is 0 Å². The molecule has 1 saturated carbocycles. The number of hydrogen-bond donors (Lipinski definition) is 1. The predicted molar refractivity (Wildman–Crippen MR) is 106 cm³/mol. The Balaban J connectivity index is 0.00000210. The van der Waals surface area contributed by atoms with Gasteiger partial charge in [0.05, 0.1) is 15.6 Å². The lowest BCUT2D eigenvalue weighted by Crippen LogP contribution is -2.34. The monoisotopic (exact) mass is 428 g/mol. The van der Waals surface area contributed by atoms with Gasteiger partial charge in [-0.1, -0.05) is 54.2 Å². The van der Waals surface area contributed by atoms with Gasteiger partial charge in [-0.15, -0.1) is 17.5 Å². The number of halogens is 3. The number of hydrogen-bond acceptors (Lipinski definition) is 6. The molecule has 7 nitrogen and oxygen atoms in total. The van der Waals surface area contributed by atoms with Gasteiger partial charge in [0.2, 0.25) is 5.82 Å². The standard InChI is InChI=1S/C17H18Cl2N6O.ClH/c1-2-12-21-14(23-25(12)13-10(18)6-5-7-11(13)19)15-22-16(24-26-15)17(20)8-3-4-9-17;/h5-7H,2-4,8-9,20H2,1H3;1H. The summed E-state index contributed by atoms with van der Waals surface area (Å²) in [4.78, 5) is 8.97. The minimum atomic E-state index is -0.524. The third-order valence-corrected chi connectivity index (χ3v) is 5.31.